The van der Waals surface area contributed by atoms with Crippen LogP contribution in [0.4, 0.5) is 0 Å². The Labute approximate surface area is 178 Å². The Kier molecular flexibility index (Phi) is 7.55. The van der Waals surface area contributed by atoms with E-state index < -0.39 is 20.8 Å². The summed E-state index contributed by atoms with van der Waals surface area (Å²) in [6.07, 6.45) is 19.2. The number of hydrogen-bond donors (Lipinski definition) is 0. The Hall–Kier alpha value is 0.423. The molecule has 0 heterocycles. The Morgan fingerprint density at radius 3 is 1.35 bits per heavy atom. The summed E-state index contributed by atoms with van der Waals surface area (Å²) < 4.78 is 0. The van der Waals surface area contributed by atoms with Gasteiger partial charge < -0.3 is 0 Å². The van der Waals surface area contributed by atoms with E-state index in [0.29, 0.717) is 0 Å². The zero-order valence-corrected chi connectivity index (χ0v) is 19.6. The SMILES string of the molecule is CC1=CC=C(C)[C]2[C](C[C]3[CH][CH][C]4[C]3C(C)=CC=C4C)[CH][CH][C]21.[Cl][Zr+2][Cl]. The van der Waals surface area contributed by atoms with Gasteiger partial charge in [-0.05, 0) is 71.6 Å². The molecule has 0 N–H and O–H groups in total. The van der Waals surface area contributed by atoms with Crippen molar-refractivity contribution in [3.05, 3.63) is 108 Å². The number of halogens is 2. The average Bonchev–Trinajstić information content (AvgIpc) is 3.22. The van der Waals surface area contributed by atoms with Crippen LogP contribution >= 0.6 is 17.0 Å². The van der Waals surface area contributed by atoms with Crippen LogP contribution in [-0.4, -0.2) is 0 Å². The van der Waals surface area contributed by atoms with Crippen LogP contribution in [-0.2, 0) is 20.8 Å². The fraction of sp³-hybridized carbons (Fsp3) is 0.217. The number of hydrogen-bond acceptors (Lipinski definition) is 0. The predicted octanol–water partition coefficient (Wildman–Crippen LogP) is 6.86. The molecule has 0 aliphatic heterocycles. The molecular formula is C23H22Cl2Zr+2. The van der Waals surface area contributed by atoms with Gasteiger partial charge in [-0.1, -0.05) is 46.6 Å². The van der Waals surface area contributed by atoms with E-state index in [1.807, 2.05) is 0 Å². The molecule has 4 aliphatic carbocycles. The molecule has 0 bridgehead atoms. The molecule has 0 amide bonds. The van der Waals surface area contributed by atoms with Crippen molar-refractivity contribution in [2.75, 3.05) is 0 Å². The van der Waals surface area contributed by atoms with Gasteiger partial charge in [0.05, 0.1) is 0 Å². The summed E-state index contributed by atoms with van der Waals surface area (Å²) in [5, 5.41) is 0. The zero-order chi connectivity index (χ0) is 18.8. The summed E-state index contributed by atoms with van der Waals surface area (Å²) in [7, 11) is 9.87. The zero-order valence-electron chi connectivity index (χ0n) is 15.6. The average molecular weight is 461 g/mol. The van der Waals surface area contributed by atoms with E-state index in [2.05, 4.69) is 77.7 Å². The first-order valence-corrected chi connectivity index (χ1v) is 15.1. The van der Waals surface area contributed by atoms with Gasteiger partial charge >= 0.3 is 37.9 Å². The Morgan fingerprint density at radius 2 is 0.962 bits per heavy atom. The molecule has 4 rings (SSSR count). The van der Waals surface area contributed by atoms with Crippen molar-refractivity contribution in [3.8, 4) is 0 Å². The maximum absolute atomic E-state index is 4.93. The van der Waals surface area contributed by atoms with Gasteiger partial charge in [-0.25, -0.2) is 0 Å². The molecular weight excluding hydrogens is 438 g/mol. The van der Waals surface area contributed by atoms with Gasteiger partial charge in [0.15, 0.2) is 0 Å². The summed E-state index contributed by atoms with van der Waals surface area (Å²) in [6, 6.07) is 0. The van der Waals surface area contributed by atoms with Gasteiger partial charge in [0, 0.05) is 23.7 Å². The predicted molar refractivity (Wildman–Crippen MR) is 108 cm³/mol. The summed E-state index contributed by atoms with van der Waals surface area (Å²) in [5.74, 6) is 8.62. The molecule has 130 valence electrons. The van der Waals surface area contributed by atoms with Crippen molar-refractivity contribution in [3.63, 3.8) is 0 Å². The molecule has 0 spiro atoms. The van der Waals surface area contributed by atoms with Crippen molar-refractivity contribution < 1.29 is 20.8 Å². The molecule has 0 nitrogen and oxygen atoms in total. The molecule has 4 aliphatic rings. The molecule has 0 aromatic rings. The molecule has 0 aromatic carbocycles. The van der Waals surface area contributed by atoms with E-state index in [9.17, 15) is 0 Å². The van der Waals surface area contributed by atoms with Crippen molar-refractivity contribution in [2.45, 2.75) is 34.1 Å². The fourth-order valence-corrected chi connectivity index (χ4v) is 3.98. The van der Waals surface area contributed by atoms with Gasteiger partial charge in [0.1, 0.15) is 0 Å². The van der Waals surface area contributed by atoms with Crippen molar-refractivity contribution in [1.29, 1.82) is 0 Å². The second-order valence-electron chi connectivity index (χ2n) is 6.94. The summed E-state index contributed by atoms with van der Waals surface area (Å²) >= 11 is -0.826. The first-order chi connectivity index (χ1) is 12.5. The van der Waals surface area contributed by atoms with Crippen molar-refractivity contribution in [2.24, 2.45) is 0 Å². The van der Waals surface area contributed by atoms with Crippen LogP contribution in [0.1, 0.15) is 34.1 Å². The number of fused-ring (bicyclic) bond motifs is 2. The molecule has 0 unspecified atom stereocenters. The van der Waals surface area contributed by atoms with Gasteiger partial charge in [-0.2, -0.15) is 0 Å². The second-order valence-corrected chi connectivity index (χ2v) is 10.7. The van der Waals surface area contributed by atoms with E-state index in [1.165, 1.54) is 57.8 Å². The first-order valence-electron chi connectivity index (χ1n) is 8.73. The van der Waals surface area contributed by atoms with Crippen LogP contribution in [0.3, 0.4) is 0 Å². The maximum atomic E-state index is 4.93. The number of rotatable bonds is 2. The van der Waals surface area contributed by atoms with Gasteiger partial charge in [-0.3, -0.25) is 0 Å². The Balaban J connectivity index is 0.000000613. The van der Waals surface area contributed by atoms with E-state index in [4.69, 9.17) is 17.0 Å². The van der Waals surface area contributed by atoms with Gasteiger partial charge in [-0.15, -0.1) is 0 Å². The molecule has 0 aromatic heterocycles. The summed E-state index contributed by atoms with van der Waals surface area (Å²) in [4.78, 5) is 0. The second kappa shape index (κ2) is 9.28. The van der Waals surface area contributed by atoms with Crippen LogP contribution in [0.5, 0.6) is 0 Å². The fourth-order valence-electron chi connectivity index (χ4n) is 3.98. The summed E-state index contributed by atoms with van der Waals surface area (Å²) in [6.45, 7) is 8.86. The van der Waals surface area contributed by atoms with E-state index in [1.54, 1.807) is 0 Å². The topological polar surface area (TPSA) is 0 Å². The third-order valence-corrected chi connectivity index (χ3v) is 5.27. The minimum atomic E-state index is -0.826. The quantitative estimate of drug-likeness (QED) is 0.422. The molecule has 2 fully saturated rings. The monoisotopic (exact) mass is 458 g/mol. The van der Waals surface area contributed by atoms with Crippen LogP contribution in [0.2, 0.25) is 0 Å². The van der Waals surface area contributed by atoms with Crippen LogP contribution in [0.15, 0.2) is 46.6 Å². The molecule has 10 radical (unpaired) electrons. The number of allylic oxidation sites excluding steroid dienone is 8. The standard InChI is InChI=1S/C23H22.2ClH.Zr/c1-14-5-7-16(3)22-18(9-11-20(14)22)13-19-10-12-21-15(2)6-8-17(4)23(19)21;;;/h5-12H,13H2,1-4H3;2*1H;/q;;;+4/p-2. The Morgan fingerprint density at radius 1 is 0.615 bits per heavy atom. The third-order valence-electron chi connectivity index (χ3n) is 5.27. The third kappa shape index (κ3) is 4.21. The van der Waals surface area contributed by atoms with Gasteiger partial charge in [0.2, 0.25) is 0 Å². The van der Waals surface area contributed by atoms with Crippen LogP contribution in [0, 0.1) is 61.2 Å². The molecule has 0 atom stereocenters. The summed E-state index contributed by atoms with van der Waals surface area (Å²) in [5.41, 5.74) is 5.51. The normalized spacial score (nSPS) is 25.5. The van der Waals surface area contributed by atoms with Crippen molar-refractivity contribution in [1.82, 2.24) is 0 Å². The molecule has 3 heteroatoms. The van der Waals surface area contributed by atoms with Gasteiger partial charge in [0.25, 0.3) is 0 Å². The Bertz CT molecular complexity index is 589. The minimum absolute atomic E-state index is 0.826. The molecule has 2 saturated carbocycles. The first kappa shape index (κ1) is 21.1. The van der Waals surface area contributed by atoms with E-state index in [0.717, 1.165) is 6.42 Å². The van der Waals surface area contributed by atoms with E-state index >= 15 is 0 Å². The van der Waals surface area contributed by atoms with Crippen molar-refractivity contribution >= 4 is 17.0 Å². The van der Waals surface area contributed by atoms with E-state index in [-0.39, 0.29) is 0 Å². The molecule has 26 heavy (non-hydrogen) atoms. The van der Waals surface area contributed by atoms with Crippen LogP contribution in [0.25, 0.3) is 0 Å². The van der Waals surface area contributed by atoms with Crippen LogP contribution < -0.4 is 0 Å². The molecule has 0 saturated heterocycles.